The quantitative estimate of drug-likeness (QED) is 0.696. The van der Waals surface area contributed by atoms with Gasteiger partial charge in [0.25, 0.3) is 5.89 Å². The number of hydrogen-bond acceptors (Lipinski definition) is 9. The van der Waals surface area contributed by atoms with E-state index in [1.807, 2.05) is 12.1 Å². The number of methoxy groups -OCH3 is 1. The van der Waals surface area contributed by atoms with Crippen molar-refractivity contribution >= 4 is 0 Å². The van der Waals surface area contributed by atoms with Crippen LogP contribution in [-0.4, -0.2) is 43.9 Å². The number of nitrogens with zero attached hydrogens (tertiary/aromatic N) is 5. The fraction of sp³-hybridized carbons (Fsp3) is 0.389. The molecule has 4 rings (SSSR count). The number of aromatic nitrogens is 5. The Balaban J connectivity index is 0.000000221. The molecule has 0 unspecified atom stereocenters. The molecular formula is C18H21N5O4. The van der Waals surface area contributed by atoms with Crippen molar-refractivity contribution in [2.24, 2.45) is 5.92 Å². The van der Waals surface area contributed by atoms with E-state index in [0.29, 0.717) is 35.6 Å². The summed E-state index contributed by atoms with van der Waals surface area (Å²) in [6.45, 7) is 2.15. The van der Waals surface area contributed by atoms with Gasteiger partial charge in [0.1, 0.15) is 23.7 Å². The molecule has 142 valence electrons. The summed E-state index contributed by atoms with van der Waals surface area (Å²) in [5.41, 5.74) is 0.578. The Hall–Kier alpha value is -3.07. The number of pyridine rings is 1. The Kier molecular flexibility index (Phi) is 6.26. The minimum atomic E-state index is -0.294. The minimum Gasteiger partial charge on any atom is -0.495 e. The van der Waals surface area contributed by atoms with Crippen LogP contribution in [-0.2, 0) is 6.61 Å². The summed E-state index contributed by atoms with van der Waals surface area (Å²) < 4.78 is 15.4. The minimum absolute atomic E-state index is 0.156. The molecule has 0 saturated heterocycles. The summed E-state index contributed by atoms with van der Waals surface area (Å²) in [6.07, 6.45) is 7.39. The second kappa shape index (κ2) is 9.04. The van der Waals surface area contributed by atoms with Gasteiger partial charge in [0.05, 0.1) is 19.9 Å². The lowest BCUT2D eigenvalue weighted by Gasteiger charge is -2.07. The molecule has 0 radical (unpaired) electrons. The Morgan fingerprint density at radius 3 is 2.70 bits per heavy atom. The van der Waals surface area contributed by atoms with Gasteiger partial charge in [-0.2, -0.15) is 9.97 Å². The summed E-state index contributed by atoms with van der Waals surface area (Å²) in [6, 6.07) is 3.69. The number of hydrogen-bond donors (Lipinski definition) is 1. The molecule has 27 heavy (non-hydrogen) atoms. The fourth-order valence-electron chi connectivity index (χ4n) is 2.09. The van der Waals surface area contributed by atoms with Crippen molar-refractivity contribution in [1.29, 1.82) is 0 Å². The van der Waals surface area contributed by atoms with E-state index in [1.54, 1.807) is 32.6 Å². The normalized spacial score (nSPS) is 12.9. The molecule has 0 amide bonds. The lowest BCUT2D eigenvalue weighted by molar-refractivity contribution is 0.222. The Bertz CT molecular complexity index is 852. The Morgan fingerprint density at radius 1 is 1.26 bits per heavy atom. The van der Waals surface area contributed by atoms with Gasteiger partial charge in [0.15, 0.2) is 0 Å². The molecule has 0 spiro atoms. The van der Waals surface area contributed by atoms with Crippen LogP contribution in [0.15, 0.2) is 35.2 Å². The predicted molar refractivity (Wildman–Crippen MR) is 95.0 cm³/mol. The molecule has 0 bridgehead atoms. The largest absolute Gasteiger partial charge is 0.495 e. The van der Waals surface area contributed by atoms with Gasteiger partial charge >= 0.3 is 0 Å². The summed E-state index contributed by atoms with van der Waals surface area (Å²) >= 11 is 0. The number of aryl methyl sites for hydroxylation is 1. The lowest BCUT2D eigenvalue weighted by Crippen LogP contribution is -2.04. The number of rotatable bonds is 6. The molecule has 0 aliphatic heterocycles. The van der Waals surface area contributed by atoms with E-state index in [9.17, 15) is 0 Å². The van der Waals surface area contributed by atoms with Gasteiger partial charge in [-0.15, -0.1) is 0 Å². The average Bonchev–Trinajstić information content (AvgIpc) is 3.42. The zero-order valence-electron chi connectivity index (χ0n) is 15.2. The van der Waals surface area contributed by atoms with Crippen molar-refractivity contribution < 1.29 is 19.1 Å². The molecular weight excluding hydrogens is 350 g/mol. The Labute approximate surface area is 156 Å². The van der Waals surface area contributed by atoms with E-state index in [2.05, 4.69) is 25.1 Å². The maximum Gasteiger partial charge on any atom is 0.252 e. The zero-order chi connectivity index (χ0) is 19.1. The molecule has 1 fully saturated rings. The predicted octanol–water partition coefficient (Wildman–Crippen LogP) is 2.21. The van der Waals surface area contributed by atoms with Crippen LogP contribution in [0, 0.1) is 12.8 Å². The summed E-state index contributed by atoms with van der Waals surface area (Å²) in [5.74, 6) is 3.00. The standard InChI is InChI=1S/C12H14N4O3.C6H7NO/c1-7-13-4-9(11-15-10(5-17)19-16-11)12(14-7)18-6-8-2-3-8;1-8-6-3-2-4-7-5-6/h4,8,17H,2-3,5-6H2,1H3;2-5H,1H3. The molecule has 9 heteroatoms. The van der Waals surface area contributed by atoms with Crippen LogP contribution in [0.5, 0.6) is 11.6 Å². The first-order valence-electron chi connectivity index (χ1n) is 8.54. The molecule has 1 saturated carbocycles. The van der Waals surface area contributed by atoms with Gasteiger partial charge in [-0.25, -0.2) is 4.98 Å². The highest BCUT2D eigenvalue weighted by Gasteiger charge is 2.24. The first kappa shape index (κ1) is 18.7. The summed E-state index contributed by atoms with van der Waals surface area (Å²) in [5, 5.41) is 12.7. The van der Waals surface area contributed by atoms with E-state index < -0.39 is 0 Å². The highest BCUT2D eigenvalue weighted by molar-refractivity contribution is 5.59. The third-order valence-corrected chi connectivity index (χ3v) is 3.74. The fourth-order valence-corrected chi connectivity index (χ4v) is 2.09. The van der Waals surface area contributed by atoms with Crippen LogP contribution in [0.1, 0.15) is 24.6 Å². The van der Waals surface area contributed by atoms with Crippen molar-refractivity contribution in [2.45, 2.75) is 26.4 Å². The van der Waals surface area contributed by atoms with Crippen molar-refractivity contribution in [1.82, 2.24) is 25.1 Å². The van der Waals surface area contributed by atoms with Gasteiger partial charge in [0.2, 0.25) is 11.7 Å². The third-order valence-electron chi connectivity index (χ3n) is 3.74. The SMILES string of the molecule is COc1cccnc1.Cc1ncc(-c2noc(CO)n2)c(OCC2CC2)n1. The second-order valence-electron chi connectivity index (χ2n) is 5.95. The number of aliphatic hydroxyl groups excluding tert-OH is 1. The van der Waals surface area contributed by atoms with Crippen LogP contribution < -0.4 is 9.47 Å². The highest BCUT2D eigenvalue weighted by Crippen LogP contribution is 2.31. The van der Waals surface area contributed by atoms with E-state index in [-0.39, 0.29) is 12.5 Å². The first-order valence-corrected chi connectivity index (χ1v) is 8.54. The van der Waals surface area contributed by atoms with Crippen molar-refractivity contribution in [3.8, 4) is 23.0 Å². The van der Waals surface area contributed by atoms with Gasteiger partial charge in [0, 0.05) is 12.4 Å². The van der Waals surface area contributed by atoms with Crippen LogP contribution >= 0.6 is 0 Å². The van der Waals surface area contributed by atoms with Crippen molar-refractivity contribution in [3.05, 3.63) is 42.4 Å². The maximum atomic E-state index is 8.94. The molecule has 0 aromatic carbocycles. The molecule has 0 atom stereocenters. The van der Waals surface area contributed by atoms with Crippen molar-refractivity contribution in [2.75, 3.05) is 13.7 Å². The third kappa shape index (κ3) is 5.45. The van der Waals surface area contributed by atoms with Gasteiger partial charge < -0.3 is 19.1 Å². The summed E-state index contributed by atoms with van der Waals surface area (Å²) in [7, 11) is 1.62. The van der Waals surface area contributed by atoms with Crippen LogP contribution in [0.2, 0.25) is 0 Å². The lowest BCUT2D eigenvalue weighted by atomic mass is 10.3. The second-order valence-corrected chi connectivity index (χ2v) is 5.95. The molecule has 3 aromatic rings. The van der Waals surface area contributed by atoms with Crippen molar-refractivity contribution in [3.63, 3.8) is 0 Å². The monoisotopic (exact) mass is 371 g/mol. The van der Waals surface area contributed by atoms with E-state index in [1.165, 1.54) is 12.8 Å². The molecule has 3 heterocycles. The number of aliphatic hydroxyl groups is 1. The first-order chi connectivity index (χ1) is 13.2. The van der Waals surface area contributed by atoms with E-state index in [0.717, 1.165) is 5.75 Å². The highest BCUT2D eigenvalue weighted by atomic mass is 16.5. The zero-order valence-corrected chi connectivity index (χ0v) is 15.2. The number of ether oxygens (including phenoxy) is 2. The summed E-state index contributed by atoms with van der Waals surface area (Å²) in [4.78, 5) is 16.3. The molecule has 1 aliphatic rings. The van der Waals surface area contributed by atoms with E-state index >= 15 is 0 Å². The van der Waals surface area contributed by atoms with Gasteiger partial charge in [-0.05, 0) is 37.8 Å². The molecule has 1 aliphatic carbocycles. The van der Waals surface area contributed by atoms with E-state index in [4.69, 9.17) is 19.1 Å². The topological polar surface area (TPSA) is 116 Å². The van der Waals surface area contributed by atoms with Gasteiger partial charge in [-0.3, -0.25) is 4.98 Å². The smallest absolute Gasteiger partial charge is 0.252 e. The molecule has 3 aromatic heterocycles. The Morgan fingerprint density at radius 2 is 2.11 bits per heavy atom. The molecule has 9 nitrogen and oxygen atoms in total. The molecule has 1 N–H and O–H groups in total. The average molecular weight is 371 g/mol. The van der Waals surface area contributed by atoms with Crippen LogP contribution in [0.3, 0.4) is 0 Å². The van der Waals surface area contributed by atoms with Crippen LogP contribution in [0.25, 0.3) is 11.4 Å². The maximum absolute atomic E-state index is 8.94. The van der Waals surface area contributed by atoms with Gasteiger partial charge in [-0.1, -0.05) is 5.16 Å². The van der Waals surface area contributed by atoms with Crippen LogP contribution in [0.4, 0.5) is 0 Å².